The summed E-state index contributed by atoms with van der Waals surface area (Å²) in [5.74, 6) is -0.509. The molecule has 0 aliphatic carbocycles. The number of ether oxygens (including phenoxy) is 1. The summed E-state index contributed by atoms with van der Waals surface area (Å²) < 4.78 is 5.02. The van der Waals surface area contributed by atoms with Crippen molar-refractivity contribution in [1.82, 2.24) is 9.97 Å². The van der Waals surface area contributed by atoms with E-state index in [1.54, 1.807) is 31.2 Å². The Kier molecular flexibility index (Phi) is 6.52. The van der Waals surface area contributed by atoms with Gasteiger partial charge < -0.3 is 15.4 Å². The van der Waals surface area contributed by atoms with Crippen LogP contribution in [-0.2, 0) is 11.2 Å². The molecule has 0 unspecified atom stereocenters. The summed E-state index contributed by atoms with van der Waals surface area (Å²) in [6.07, 6.45) is 3.75. The predicted molar refractivity (Wildman–Crippen MR) is 111 cm³/mol. The summed E-state index contributed by atoms with van der Waals surface area (Å²) >= 11 is 0. The van der Waals surface area contributed by atoms with Gasteiger partial charge in [0.15, 0.2) is 0 Å². The van der Waals surface area contributed by atoms with Crippen LogP contribution in [0.4, 0.5) is 17.3 Å². The molecule has 2 aromatic carbocycles. The Balaban J connectivity index is 1.72. The third kappa shape index (κ3) is 4.95. The van der Waals surface area contributed by atoms with E-state index in [1.807, 2.05) is 24.3 Å². The molecule has 7 nitrogen and oxygen atoms in total. The van der Waals surface area contributed by atoms with E-state index in [0.29, 0.717) is 11.6 Å². The van der Waals surface area contributed by atoms with Crippen molar-refractivity contribution in [2.45, 2.75) is 20.3 Å². The van der Waals surface area contributed by atoms with Crippen LogP contribution in [0.5, 0.6) is 0 Å². The summed E-state index contributed by atoms with van der Waals surface area (Å²) in [6.45, 7) is 4.05. The van der Waals surface area contributed by atoms with E-state index in [-0.39, 0.29) is 17.7 Å². The molecular weight excluding hydrogens is 368 g/mol. The number of para-hydroxylation sites is 2. The Labute approximate surface area is 169 Å². The molecule has 0 saturated heterocycles. The number of rotatable bonds is 7. The summed E-state index contributed by atoms with van der Waals surface area (Å²) in [4.78, 5) is 33.0. The van der Waals surface area contributed by atoms with Gasteiger partial charge in [0.2, 0.25) is 5.95 Å². The Bertz CT molecular complexity index is 1000. The minimum absolute atomic E-state index is 0.255. The van der Waals surface area contributed by atoms with Crippen LogP contribution in [0.1, 0.15) is 40.1 Å². The zero-order chi connectivity index (χ0) is 20.6. The molecule has 0 atom stereocenters. The van der Waals surface area contributed by atoms with Gasteiger partial charge in [0, 0.05) is 18.1 Å². The van der Waals surface area contributed by atoms with Crippen LogP contribution in [-0.4, -0.2) is 28.5 Å². The van der Waals surface area contributed by atoms with E-state index in [2.05, 4.69) is 27.5 Å². The number of anilines is 3. The summed E-state index contributed by atoms with van der Waals surface area (Å²) in [5, 5.41) is 5.88. The van der Waals surface area contributed by atoms with Gasteiger partial charge in [-0.05, 0) is 37.1 Å². The molecular formula is C22H22N4O3. The number of amides is 1. The molecule has 1 amide bonds. The van der Waals surface area contributed by atoms with Crippen molar-refractivity contribution in [3.8, 4) is 0 Å². The summed E-state index contributed by atoms with van der Waals surface area (Å²) in [7, 11) is 0. The third-order valence-corrected chi connectivity index (χ3v) is 4.23. The molecule has 1 heterocycles. The number of benzene rings is 2. The van der Waals surface area contributed by atoms with Gasteiger partial charge in [-0.2, -0.15) is 0 Å². The minimum Gasteiger partial charge on any atom is -0.462 e. The zero-order valence-electron chi connectivity index (χ0n) is 16.3. The van der Waals surface area contributed by atoms with Crippen LogP contribution in [0, 0.1) is 0 Å². The second kappa shape index (κ2) is 9.45. The zero-order valence-corrected chi connectivity index (χ0v) is 16.3. The van der Waals surface area contributed by atoms with E-state index in [4.69, 9.17) is 4.74 Å². The number of nitrogens with one attached hydrogen (secondary N) is 2. The molecule has 3 aromatic rings. The third-order valence-electron chi connectivity index (χ3n) is 4.23. The molecule has 0 radical (unpaired) electrons. The van der Waals surface area contributed by atoms with Crippen LogP contribution in [0.25, 0.3) is 0 Å². The average molecular weight is 390 g/mol. The lowest BCUT2D eigenvalue weighted by atomic mass is 10.1. The molecule has 1 aromatic heterocycles. The standard InChI is InChI=1S/C22H22N4O3/c1-3-15-9-5-7-11-18(15)26-22-23-13-16(14-24-22)20(27)25-19-12-8-6-10-17(19)21(28)29-4-2/h5-14H,3-4H2,1-2H3,(H,25,27)(H,23,24,26). The van der Waals surface area contributed by atoms with Gasteiger partial charge in [0.05, 0.1) is 23.4 Å². The van der Waals surface area contributed by atoms with Crippen LogP contribution in [0.15, 0.2) is 60.9 Å². The molecule has 0 spiro atoms. The van der Waals surface area contributed by atoms with Crippen LogP contribution >= 0.6 is 0 Å². The van der Waals surface area contributed by atoms with Crippen LogP contribution in [0.2, 0.25) is 0 Å². The van der Waals surface area contributed by atoms with Gasteiger partial charge in [-0.1, -0.05) is 37.3 Å². The van der Waals surface area contributed by atoms with Gasteiger partial charge in [-0.3, -0.25) is 4.79 Å². The van der Waals surface area contributed by atoms with Crippen molar-refractivity contribution in [3.05, 3.63) is 77.6 Å². The normalized spacial score (nSPS) is 10.3. The number of carbonyl (C=O) groups excluding carboxylic acids is 2. The molecule has 7 heteroatoms. The van der Waals surface area contributed by atoms with Gasteiger partial charge >= 0.3 is 5.97 Å². The van der Waals surface area contributed by atoms with Crippen molar-refractivity contribution in [1.29, 1.82) is 0 Å². The second-order valence-electron chi connectivity index (χ2n) is 6.15. The number of esters is 1. The van der Waals surface area contributed by atoms with E-state index in [1.165, 1.54) is 12.4 Å². The van der Waals surface area contributed by atoms with Crippen molar-refractivity contribution >= 4 is 29.2 Å². The monoisotopic (exact) mass is 390 g/mol. The Hall–Kier alpha value is -3.74. The second-order valence-corrected chi connectivity index (χ2v) is 6.15. The summed E-state index contributed by atoms with van der Waals surface area (Å²) in [6, 6.07) is 14.6. The van der Waals surface area contributed by atoms with Crippen LogP contribution in [0.3, 0.4) is 0 Å². The first kappa shape index (κ1) is 20.0. The Morgan fingerprint density at radius 1 is 0.931 bits per heavy atom. The highest BCUT2D eigenvalue weighted by Gasteiger charge is 2.15. The van der Waals surface area contributed by atoms with Gasteiger partial charge in [-0.15, -0.1) is 0 Å². The lowest BCUT2D eigenvalue weighted by Gasteiger charge is -2.11. The molecule has 29 heavy (non-hydrogen) atoms. The fraction of sp³-hybridized carbons (Fsp3) is 0.182. The van der Waals surface area contributed by atoms with E-state index in [0.717, 1.165) is 17.7 Å². The first-order valence-corrected chi connectivity index (χ1v) is 9.36. The first-order chi connectivity index (χ1) is 14.1. The van der Waals surface area contributed by atoms with Crippen molar-refractivity contribution in [3.63, 3.8) is 0 Å². The lowest BCUT2D eigenvalue weighted by molar-refractivity contribution is 0.0527. The molecule has 0 aliphatic rings. The number of aryl methyl sites for hydroxylation is 1. The number of hydrogen-bond acceptors (Lipinski definition) is 6. The van der Waals surface area contributed by atoms with Crippen LogP contribution < -0.4 is 10.6 Å². The molecule has 3 rings (SSSR count). The molecule has 0 fully saturated rings. The minimum atomic E-state index is -0.492. The van der Waals surface area contributed by atoms with E-state index in [9.17, 15) is 9.59 Å². The highest BCUT2D eigenvalue weighted by molar-refractivity contribution is 6.07. The highest BCUT2D eigenvalue weighted by atomic mass is 16.5. The average Bonchev–Trinajstić information content (AvgIpc) is 2.75. The Morgan fingerprint density at radius 3 is 2.28 bits per heavy atom. The van der Waals surface area contributed by atoms with Crippen molar-refractivity contribution < 1.29 is 14.3 Å². The lowest BCUT2D eigenvalue weighted by Crippen LogP contribution is -2.16. The number of nitrogens with zero attached hydrogens (tertiary/aromatic N) is 2. The quantitative estimate of drug-likeness (QED) is 0.587. The predicted octanol–water partition coefficient (Wildman–Crippen LogP) is 4.21. The largest absolute Gasteiger partial charge is 0.462 e. The van der Waals surface area contributed by atoms with E-state index < -0.39 is 11.9 Å². The number of hydrogen-bond donors (Lipinski definition) is 2. The van der Waals surface area contributed by atoms with Gasteiger partial charge in [0.1, 0.15) is 0 Å². The topological polar surface area (TPSA) is 93.2 Å². The molecule has 0 saturated carbocycles. The molecule has 148 valence electrons. The Morgan fingerprint density at radius 2 is 1.59 bits per heavy atom. The van der Waals surface area contributed by atoms with Gasteiger partial charge in [0.25, 0.3) is 5.91 Å². The van der Waals surface area contributed by atoms with Gasteiger partial charge in [-0.25, -0.2) is 14.8 Å². The highest BCUT2D eigenvalue weighted by Crippen LogP contribution is 2.20. The molecule has 2 N–H and O–H groups in total. The molecule has 0 bridgehead atoms. The smallest absolute Gasteiger partial charge is 0.340 e. The molecule has 0 aliphatic heterocycles. The van der Waals surface area contributed by atoms with Crippen molar-refractivity contribution in [2.24, 2.45) is 0 Å². The maximum absolute atomic E-state index is 12.6. The fourth-order valence-electron chi connectivity index (χ4n) is 2.75. The number of carbonyl (C=O) groups is 2. The summed E-state index contributed by atoms with van der Waals surface area (Å²) in [5.41, 5.74) is 3.01. The first-order valence-electron chi connectivity index (χ1n) is 9.36. The fourth-order valence-corrected chi connectivity index (χ4v) is 2.75. The maximum Gasteiger partial charge on any atom is 0.340 e. The maximum atomic E-state index is 12.6. The SMILES string of the molecule is CCOC(=O)c1ccccc1NC(=O)c1cnc(Nc2ccccc2CC)nc1. The number of aromatic nitrogens is 2. The van der Waals surface area contributed by atoms with Crippen molar-refractivity contribution in [2.75, 3.05) is 17.2 Å². The van der Waals surface area contributed by atoms with E-state index >= 15 is 0 Å².